The lowest BCUT2D eigenvalue weighted by atomic mass is 9.75. The van der Waals surface area contributed by atoms with E-state index in [2.05, 4.69) is 10.3 Å². The highest BCUT2D eigenvalue weighted by Crippen LogP contribution is 2.44. The van der Waals surface area contributed by atoms with Gasteiger partial charge in [0.25, 0.3) is 5.69 Å². The Balaban J connectivity index is 1.64. The monoisotopic (exact) mass is 621 g/mol. The van der Waals surface area contributed by atoms with Crippen LogP contribution in [0, 0.1) is 16.0 Å². The first-order chi connectivity index (χ1) is 20.2. The van der Waals surface area contributed by atoms with Crippen LogP contribution >= 0.6 is 23.2 Å². The molecule has 2 unspecified atom stereocenters. The van der Waals surface area contributed by atoms with Crippen molar-refractivity contribution in [2.75, 3.05) is 46.7 Å². The van der Waals surface area contributed by atoms with Crippen LogP contribution in [0.4, 0.5) is 5.69 Å². The minimum atomic E-state index is -0.924. The minimum absolute atomic E-state index is 0.0392. The summed E-state index contributed by atoms with van der Waals surface area (Å²) in [5, 5.41) is 14.6. The van der Waals surface area contributed by atoms with Crippen molar-refractivity contribution in [1.29, 1.82) is 0 Å². The van der Waals surface area contributed by atoms with Crippen LogP contribution in [0.2, 0.25) is 10.0 Å². The molecule has 1 N–H and O–H groups in total. The van der Waals surface area contributed by atoms with E-state index in [1.165, 1.54) is 19.2 Å². The molecule has 1 heterocycles. The van der Waals surface area contributed by atoms with E-state index < -0.39 is 28.7 Å². The van der Waals surface area contributed by atoms with Crippen LogP contribution in [-0.4, -0.2) is 69.3 Å². The molecule has 0 spiro atoms. The number of nitro groups is 1. The van der Waals surface area contributed by atoms with E-state index in [0.29, 0.717) is 36.7 Å². The van der Waals surface area contributed by atoms with Crippen LogP contribution in [0.1, 0.15) is 30.9 Å². The molecule has 1 aliphatic rings. The molecule has 11 nitrogen and oxygen atoms in total. The average Bonchev–Trinajstić information content (AvgIpc) is 2.97. The predicted octanol–water partition coefficient (Wildman–Crippen LogP) is 4.89. The number of carbonyl (C=O) groups is 2. The van der Waals surface area contributed by atoms with Crippen LogP contribution in [0.25, 0.3) is 0 Å². The summed E-state index contributed by atoms with van der Waals surface area (Å²) in [6.07, 6.45) is 0. The summed E-state index contributed by atoms with van der Waals surface area (Å²) in [7, 11) is 1.27. The first kappa shape index (κ1) is 33.2. The molecule has 226 valence electrons. The van der Waals surface area contributed by atoms with Gasteiger partial charge in [0.05, 0.1) is 66.4 Å². The zero-order chi connectivity index (χ0) is 30.6. The molecule has 2 aromatic rings. The highest BCUT2D eigenvalue weighted by atomic mass is 35.5. The Morgan fingerprint density at radius 3 is 2.55 bits per heavy atom. The number of esters is 2. The molecule has 2 atom stereocenters. The maximum atomic E-state index is 13.2. The Kier molecular flexibility index (Phi) is 12.9. The molecular weight excluding hydrogens is 589 g/mol. The van der Waals surface area contributed by atoms with Gasteiger partial charge in [-0.25, -0.2) is 4.79 Å². The second-order valence-electron chi connectivity index (χ2n) is 9.22. The van der Waals surface area contributed by atoms with Crippen molar-refractivity contribution in [3.05, 3.63) is 85.0 Å². The van der Waals surface area contributed by atoms with Crippen molar-refractivity contribution in [3.63, 3.8) is 0 Å². The van der Waals surface area contributed by atoms with Gasteiger partial charge in [0.2, 0.25) is 0 Å². The van der Waals surface area contributed by atoms with Gasteiger partial charge < -0.3 is 24.3 Å². The Morgan fingerprint density at radius 1 is 1.10 bits per heavy atom. The second-order valence-corrected chi connectivity index (χ2v) is 10.0. The fourth-order valence-corrected chi connectivity index (χ4v) is 4.99. The van der Waals surface area contributed by atoms with Crippen LogP contribution in [0.15, 0.2) is 58.7 Å². The zero-order valence-corrected chi connectivity index (χ0v) is 25.1. The Bertz CT molecular complexity index is 1350. The number of nitrogens with one attached hydrogen (secondary N) is 1. The highest BCUT2D eigenvalue weighted by Gasteiger charge is 2.44. The summed E-state index contributed by atoms with van der Waals surface area (Å²) in [4.78, 5) is 41.2. The number of nitro benzene ring substituents is 1. The standard InChI is InChI=1S/C29H33Cl2N3O8/c1-4-42-29(36)26-23(17-41-14-13-40-12-11-32-16-19-7-5-8-20(15-19)34(37)38)33-18(2)24(28(35)39-3)25(26)21-9-6-10-22(30)27(21)31/h5-10,15,24-25,32H,4,11-14,16-17H2,1-3H3. The average molecular weight is 623 g/mol. The predicted molar refractivity (Wildman–Crippen MR) is 158 cm³/mol. The molecule has 0 saturated carbocycles. The van der Waals surface area contributed by atoms with Gasteiger partial charge in [-0.05, 0) is 31.0 Å². The molecule has 0 bridgehead atoms. The summed E-state index contributed by atoms with van der Waals surface area (Å²) >= 11 is 12.8. The van der Waals surface area contributed by atoms with E-state index in [4.69, 9.17) is 42.1 Å². The van der Waals surface area contributed by atoms with Gasteiger partial charge >= 0.3 is 11.9 Å². The quantitative estimate of drug-likeness (QED) is 0.127. The smallest absolute Gasteiger partial charge is 0.336 e. The van der Waals surface area contributed by atoms with Gasteiger partial charge in [-0.15, -0.1) is 0 Å². The number of benzene rings is 2. The molecule has 42 heavy (non-hydrogen) atoms. The third-order valence-electron chi connectivity index (χ3n) is 6.47. The molecule has 0 aliphatic carbocycles. The van der Waals surface area contributed by atoms with Gasteiger partial charge in [0.1, 0.15) is 5.92 Å². The van der Waals surface area contributed by atoms with Gasteiger partial charge in [0, 0.05) is 36.9 Å². The van der Waals surface area contributed by atoms with Crippen molar-refractivity contribution in [1.82, 2.24) is 5.32 Å². The molecule has 0 fully saturated rings. The van der Waals surface area contributed by atoms with Crippen molar-refractivity contribution in [2.45, 2.75) is 26.3 Å². The van der Waals surface area contributed by atoms with Crippen LogP contribution in [-0.2, 0) is 35.1 Å². The number of rotatable bonds is 15. The molecule has 0 saturated heterocycles. The van der Waals surface area contributed by atoms with Crippen molar-refractivity contribution in [2.24, 2.45) is 10.9 Å². The molecule has 0 amide bonds. The maximum Gasteiger partial charge on any atom is 0.336 e. The molecule has 0 radical (unpaired) electrons. The number of nitrogens with zero attached hydrogens (tertiary/aromatic N) is 2. The first-order valence-corrected chi connectivity index (χ1v) is 14.0. The number of hydrogen-bond acceptors (Lipinski definition) is 10. The fraction of sp³-hybridized carbons (Fsp3) is 0.414. The number of aliphatic imine (C=N–C) groups is 1. The number of methoxy groups -OCH3 is 1. The fourth-order valence-electron chi connectivity index (χ4n) is 4.57. The topological polar surface area (TPSA) is 139 Å². The van der Waals surface area contributed by atoms with Crippen molar-refractivity contribution < 1.29 is 33.5 Å². The lowest BCUT2D eigenvalue weighted by molar-refractivity contribution is -0.384. The van der Waals surface area contributed by atoms with Crippen LogP contribution < -0.4 is 5.32 Å². The van der Waals surface area contributed by atoms with Crippen molar-refractivity contribution >= 4 is 46.5 Å². The Labute approximate surface area is 253 Å². The normalized spacial score (nSPS) is 16.6. The van der Waals surface area contributed by atoms with Gasteiger partial charge in [-0.2, -0.15) is 0 Å². The first-order valence-electron chi connectivity index (χ1n) is 13.3. The molecular formula is C29H33Cl2N3O8. The van der Waals surface area contributed by atoms with Gasteiger partial charge in [-0.3, -0.25) is 19.9 Å². The highest BCUT2D eigenvalue weighted by molar-refractivity contribution is 6.42. The molecule has 13 heteroatoms. The molecule has 2 aromatic carbocycles. The molecule has 3 rings (SSSR count). The number of carbonyl (C=O) groups excluding carboxylic acids is 2. The minimum Gasteiger partial charge on any atom is -0.468 e. The van der Waals surface area contributed by atoms with E-state index in [1.807, 2.05) is 6.07 Å². The summed E-state index contributed by atoms with van der Waals surface area (Å²) in [5.74, 6) is -3.00. The second kappa shape index (κ2) is 16.3. The van der Waals surface area contributed by atoms with Gasteiger partial charge in [0.15, 0.2) is 0 Å². The van der Waals surface area contributed by atoms with Crippen LogP contribution in [0.3, 0.4) is 0 Å². The van der Waals surface area contributed by atoms with Crippen LogP contribution in [0.5, 0.6) is 0 Å². The molecule has 1 aliphatic heterocycles. The third kappa shape index (κ3) is 8.59. The SMILES string of the molecule is CCOC(=O)C1=C(COCCOCCNCc2cccc([N+](=O)[O-])c2)N=C(C)C(C(=O)OC)C1c1cccc(Cl)c1Cl. The Morgan fingerprint density at radius 2 is 1.83 bits per heavy atom. The van der Waals surface area contributed by atoms with E-state index >= 15 is 0 Å². The summed E-state index contributed by atoms with van der Waals surface area (Å²) in [5.41, 5.74) is 2.20. The Hall–Kier alpha value is -3.35. The number of hydrogen-bond donors (Lipinski definition) is 1. The van der Waals surface area contributed by atoms with E-state index in [9.17, 15) is 19.7 Å². The third-order valence-corrected chi connectivity index (χ3v) is 7.30. The van der Waals surface area contributed by atoms with Gasteiger partial charge in [-0.1, -0.05) is 47.5 Å². The maximum absolute atomic E-state index is 13.2. The largest absolute Gasteiger partial charge is 0.468 e. The summed E-state index contributed by atoms with van der Waals surface area (Å²) in [6.45, 7) is 5.31. The van der Waals surface area contributed by atoms with E-state index in [0.717, 1.165) is 5.56 Å². The van der Waals surface area contributed by atoms with E-state index in [1.54, 1.807) is 38.1 Å². The number of halogens is 2. The summed E-state index contributed by atoms with van der Waals surface area (Å²) in [6, 6.07) is 11.4. The number of ether oxygens (including phenoxy) is 4. The van der Waals surface area contributed by atoms with E-state index in [-0.39, 0.29) is 47.7 Å². The zero-order valence-electron chi connectivity index (χ0n) is 23.6. The number of non-ortho nitro benzene ring substituents is 1. The summed E-state index contributed by atoms with van der Waals surface area (Å²) < 4.78 is 21.8. The lowest BCUT2D eigenvalue weighted by Crippen LogP contribution is -2.37. The lowest BCUT2D eigenvalue weighted by Gasteiger charge is -2.32. The van der Waals surface area contributed by atoms with Crippen molar-refractivity contribution in [3.8, 4) is 0 Å². The molecule has 0 aromatic heterocycles.